The molecule has 0 saturated heterocycles. The van der Waals surface area contributed by atoms with Crippen molar-refractivity contribution in [2.45, 2.75) is 31.7 Å². The second-order valence-corrected chi connectivity index (χ2v) is 3.43. The summed E-state index contributed by atoms with van der Waals surface area (Å²) in [5.41, 5.74) is 7.00. The van der Waals surface area contributed by atoms with Gasteiger partial charge in [-0.2, -0.15) is 0 Å². The summed E-state index contributed by atoms with van der Waals surface area (Å²) in [5.74, 6) is 0.473. The minimum Gasteiger partial charge on any atom is -0.326 e. The van der Waals surface area contributed by atoms with Crippen molar-refractivity contribution in [1.29, 1.82) is 0 Å². The number of H-pyrrole nitrogens is 1. The van der Waals surface area contributed by atoms with Gasteiger partial charge in [-0.1, -0.05) is 6.42 Å². The summed E-state index contributed by atoms with van der Waals surface area (Å²) in [5, 5.41) is 0. The molecule has 4 nitrogen and oxygen atoms in total. The molecule has 0 radical (unpaired) electrons. The van der Waals surface area contributed by atoms with Crippen LogP contribution < -0.4 is 11.3 Å². The monoisotopic (exact) mass is 179 g/mol. The summed E-state index contributed by atoms with van der Waals surface area (Å²) < 4.78 is 0. The van der Waals surface area contributed by atoms with Crippen LogP contribution in [0, 0.1) is 0 Å². The van der Waals surface area contributed by atoms with Crippen LogP contribution in [0.1, 0.15) is 36.4 Å². The maximum absolute atomic E-state index is 11.3. The first kappa shape index (κ1) is 8.44. The van der Waals surface area contributed by atoms with Crippen LogP contribution >= 0.6 is 0 Å². The highest BCUT2D eigenvalue weighted by Crippen LogP contribution is 2.35. The molecule has 1 aliphatic rings. The maximum atomic E-state index is 11.3. The molecule has 13 heavy (non-hydrogen) atoms. The zero-order chi connectivity index (χ0) is 9.26. The van der Waals surface area contributed by atoms with Crippen LogP contribution in [0.15, 0.2) is 11.1 Å². The van der Waals surface area contributed by atoms with Gasteiger partial charge in [0.1, 0.15) is 0 Å². The Labute approximate surface area is 76.2 Å². The molecular formula is C9H13N3O. The van der Waals surface area contributed by atoms with E-state index in [1.807, 2.05) is 0 Å². The predicted molar refractivity (Wildman–Crippen MR) is 49.3 cm³/mol. The molecular weight excluding hydrogens is 166 g/mol. The quantitative estimate of drug-likeness (QED) is 0.694. The molecule has 0 unspecified atom stereocenters. The van der Waals surface area contributed by atoms with E-state index in [4.69, 9.17) is 5.73 Å². The Hall–Kier alpha value is -1.16. The van der Waals surface area contributed by atoms with Crippen molar-refractivity contribution in [3.63, 3.8) is 0 Å². The fraction of sp³-hybridized carbons (Fsp3) is 0.556. The first-order chi connectivity index (χ1) is 6.33. The third kappa shape index (κ3) is 1.37. The van der Waals surface area contributed by atoms with Gasteiger partial charge in [0, 0.05) is 12.5 Å². The van der Waals surface area contributed by atoms with Crippen molar-refractivity contribution in [3.05, 3.63) is 27.9 Å². The third-order valence-electron chi connectivity index (χ3n) is 2.68. The molecule has 0 aliphatic heterocycles. The molecule has 3 N–H and O–H groups in total. The van der Waals surface area contributed by atoms with E-state index < -0.39 is 0 Å². The minimum absolute atomic E-state index is 0.0839. The molecule has 1 saturated carbocycles. The normalized spacial score (nSPS) is 17.0. The Morgan fingerprint density at radius 2 is 2.38 bits per heavy atom. The average Bonchev–Trinajstić information content (AvgIpc) is 2.01. The Kier molecular flexibility index (Phi) is 2.14. The van der Waals surface area contributed by atoms with E-state index in [-0.39, 0.29) is 12.1 Å². The molecule has 1 aromatic rings. The zero-order valence-electron chi connectivity index (χ0n) is 7.42. The highest BCUT2D eigenvalue weighted by Gasteiger charge is 2.24. The number of rotatable bonds is 2. The summed E-state index contributed by atoms with van der Waals surface area (Å²) in [4.78, 5) is 18.1. The first-order valence-electron chi connectivity index (χ1n) is 4.59. The molecule has 0 bridgehead atoms. The highest BCUT2D eigenvalue weighted by atomic mass is 16.1. The number of nitrogens with one attached hydrogen (secondary N) is 1. The van der Waals surface area contributed by atoms with Crippen molar-refractivity contribution < 1.29 is 0 Å². The smallest absolute Gasteiger partial charge is 0.255 e. The van der Waals surface area contributed by atoms with Gasteiger partial charge in [-0.15, -0.1) is 0 Å². The fourth-order valence-electron chi connectivity index (χ4n) is 1.67. The van der Waals surface area contributed by atoms with E-state index in [1.54, 1.807) is 0 Å². The standard InChI is InChI=1S/C9H13N3O/c10-4-7-8(6-2-1-3-6)11-5-12-9(7)13/h5-6H,1-4,10H2,(H,11,12,13). The van der Waals surface area contributed by atoms with Gasteiger partial charge in [0.05, 0.1) is 17.6 Å². The number of aromatic amines is 1. The van der Waals surface area contributed by atoms with Crippen molar-refractivity contribution in [1.82, 2.24) is 9.97 Å². The van der Waals surface area contributed by atoms with Gasteiger partial charge in [0.15, 0.2) is 0 Å². The molecule has 1 aliphatic carbocycles. The molecule has 2 rings (SSSR count). The van der Waals surface area contributed by atoms with Crippen molar-refractivity contribution in [2.24, 2.45) is 5.73 Å². The van der Waals surface area contributed by atoms with Gasteiger partial charge in [0.2, 0.25) is 0 Å². The van der Waals surface area contributed by atoms with Crippen LogP contribution in [-0.4, -0.2) is 9.97 Å². The van der Waals surface area contributed by atoms with Crippen LogP contribution in [0.25, 0.3) is 0 Å². The average molecular weight is 179 g/mol. The molecule has 0 amide bonds. The number of nitrogens with two attached hydrogens (primary N) is 1. The summed E-state index contributed by atoms with van der Waals surface area (Å²) >= 11 is 0. The fourth-order valence-corrected chi connectivity index (χ4v) is 1.67. The van der Waals surface area contributed by atoms with E-state index in [1.165, 1.54) is 12.7 Å². The highest BCUT2D eigenvalue weighted by molar-refractivity contribution is 5.21. The number of aromatic nitrogens is 2. The Morgan fingerprint density at radius 3 is 2.92 bits per heavy atom. The van der Waals surface area contributed by atoms with E-state index in [9.17, 15) is 4.79 Å². The Balaban J connectivity index is 2.42. The van der Waals surface area contributed by atoms with Crippen LogP contribution in [-0.2, 0) is 6.54 Å². The van der Waals surface area contributed by atoms with Crippen molar-refractivity contribution in [3.8, 4) is 0 Å². The molecule has 1 heterocycles. The molecule has 4 heteroatoms. The van der Waals surface area contributed by atoms with E-state index in [0.717, 1.165) is 18.5 Å². The molecule has 0 atom stereocenters. The van der Waals surface area contributed by atoms with E-state index >= 15 is 0 Å². The summed E-state index contributed by atoms with van der Waals surface area (Å²) in [7, 11) is 0. The SMILES string of the molecule is NCc1c(C2CCC2)nc[nH]c1=O. The summed E-state index contributed by atoms with van der Waals surface area (Å²) in [6, 6.07) is 0. The number of hydrogen-bond acceptors (Lipinski definition) is 3. The van der Waals surface area contributed by atoms with Gasteiger partial charge in [0.25, 0.3) is 5.56 Å². The zero-order valence-corrected chi connectivity index (χ0v) is 7.42. The van der Waals surface area contributed by atoms with Gasteiger partial charge in [-0.3, -0.25) is 4.79 Å². The summed E-state index contributed by atoms with van der Waals surface area (Å²) in [6.07, 6.45) is 4.99. The van der Waals surface area contributed by atoms with Crippen molar-refractivity contribution in [2.75, 3.05) is 0 Å². The van der Waals surface area contributed by atoms with Crippen molar-refractivity contribution >= 4 is 0 Å². The van der Waals surface area contributed by atoms with Gasteiger partial charge in [-0.05, 0) is 12.8 Å². The largest absolute Gasteiger partial charge is 0.326 e. The van der Waals surface area contributed by atoms with Crippen LogP contribution in [0.5, 0.6) is 0 Å². The van der Waals surface area contributed by atoms with Gasteiger partial charge < -0.3 is 10.7 Å². The first-order valence-corrected chi connectivity index (χ1v) is 4.59. The molecule has 0 spiro atoms. The lowest BCUT2D eigenvalue weighted by atomic mass is 9.81. The van der Waals surface area contributed by atoms with Crippen LogP contribution in [0.3, 0.4) is 0 Å². The molecule has 1 aromatic heterocycles. The van der Waals surface area contributed by atoms with E-state index in [0.29, 0.717) is 11.5 Å². The minimum atomic E-state index is -0.0839. The van der Waals surface area contributed by atoms with Gasteiger partial charge >= 0.3 is 0 Å². The second-order valence-electron chi connectivity index (χ2n) is 3.43. The third-order valence-corrected chi connectivity index (χ3v) is 2.68. The number of hydrogen-bond donors (Lipinski definition) is 2. The Bertz CT molecular complexity index is 354. The lowest BCUT2D eigenvalue weighted by molar-refractivity contribution is 0.407. The van der Waals surface area contributed by atoms with Gasteiger partial charge in [-0.25, -0.2) is 4.98 Å². The van der Waals surface area contributed by atoms with Crippen LogP contribution in [0.2, 0.25) is 0 Å². The van der Waals surface area contributed by atoms with E-state index in [2.05, 4.69) is 9.97 Å². The number of nitrogens with zero attached hydrogens (tertiary/aromatic N) is 1. The molecule has 0 aromatic carbocycles. The molecule has 1 fully saturated rings. The second kappa shape index (κ2) is 3.30. The Morgan fingerprint density at radius 1 is 1.62 bits per heavy atom. The predicted octanol–water partition coefficient (Wildman–Crippen LogP) is 0.496. The summed E-state index contributed by atoms with van der Waals surface area (Å²) in [6.45, 7) is 0.287. The van der Waals surface area contributed by atoms with Crippen LogP contribution in [0.4, 0.5) is 0 Å². The topological polar surface area (TPSA) is 71.8 Å². The molecule has 70 valence electrons. The lowest BCUT2D eigenvalue weighted by Crippen LogP contribution is -2.23. The lowest BCUT2D eigenvalue weighted by Gasteiger charge is -2.25. The maximum Gasteiger partial charge on any atom is 0.255 e.